The molecule has 4 aromatic carbocycles. The summed E-state index contributed by atoms with van der Waals surface area (Å²) in [6, 6.07) is 26.6. The number of ether oxygens (including phenoxy) is 2. The zero-order chi connectivity index (χ0) is 26.5. The predicted octanol–water partition coefficient (Wildman–Crippen LogP) is 7.08. The van der Waals surface area contributed by atoms with Gasteiger partial charge in [-0.2, -0.15) is 0 Å². The normalized spacial score (nSPS) is 11.5. The van der Waals surface area contributed by atoms with Crippen LogP contribution in [0, 0.1) is 0 Å². The third-order valence-corrected chi connectivity index (χ3v) is 6.87. The molecule has 9 heteroatoms. The third kappa shape index (κ3) is 5.66. The lowest BCUT2D eigenvalue weighted by molar-refractivity contribution is -0.131. The summed E-state index contributed by atoms with van der Waals surface area (Å²) in [7, 11) is 1.55. The Hall–Kier alpha value is -4.27. The highest BCUT2D eigenvalue weighted by Crippen LogP contribution is 2.34. The van der Waals surface area contributed by atoms with E-state index in [0.717, 1.165) is 28.1 Å². The lowest BCUT2D eigenvalue weighted by Crippen LogP contribution is -2.00. The molecule has 5 aromatic rings. The van der Waals surface area contributed by atoms with E-state index in [-0.39, 0.29) is 10.1 Å². The Bertz CT molecular complexity index is 1650. The topological polar surface area (TPSA) is 97.3 Å². The number of aromatic nitrogens is 3. The minimum atomic E-state index is -1.11. The quantitative estimate of drug-likeness (QED) is 0.151. The van der Waals surface area contributed by atoms with Crippen LogP contribution in [0.25, 0.3) is 28.2 Å². The average Bonchev–Trinajstić information content (AvgIpc) is 3.40. The van der Waals surface area contributed by atoms with Gasteiger partial charge < -0.3 is 14.6 Å². The number of H-pyrrole nitrogens is 1. The molecule has 0 radical (unpaired) electrons. The SMILES string of the molecule is COc1ccc(Cl)cc1-c1nc(S/C(=C\c2ccccc2OCc2cccc3ccccc23)C(=O)O)n[nH]1. The summed E-state index contributed by atoms with van der Waals surface area (Å²) in [6.45, 7) is 0.341. The van der Waals surface area contributed by atoms with Gasteiger partial charge >= 0.3 is 5.97 Å². The molecular formula is C29H22ClN3O4S. The van der Waals surface area contributed by atoms with Crippen molar-refractivity contribution in [3.05, 3.63) is 106 Å². The average molecular weight is 544 g/mol. The summed E-state index contributed by atoms with van der Waals surface area (Å²) in [5, 5.41) is 19.9. The van der Waals surface area contributed by atoms with Crippen LogP contribution >= 0.6 is 23.4 Å². The van der Waals surface area contributed by atoms with Gasteiger partial charge in [0, 0.05) is 10.6 Å². The van der Waals surface area contributed by atoms with Gasteiger partial charge in [0.05, 0.1) is 12.7 Å². The van der Waals surface area contributed by atoms with E-state index in [0.29, 0.717) is 40.1 Å². The maximum absolute atomic E-state index is 12.1. The van der Waals surface area contributed by atoms with E-state index in [1.54, 1.807) is 31.4 Å². The Kier molecular flexibility index (Phi) is 7.62. The standard InChI is InChI=1S/C29H22ClN3O4S/c1-36-25-14-13-21(30)16-23(25)27-31-29(33-32-27)38-26(28(34)35)15-19-8-3-5-12-24(19)37-17-20-10-6-9-18-7-2-4-11-22(18)20/h2-16H,17H2,1H3,(H,34,35)(H,31,32,33)/b26-15-. The fourth-order valence-corrected chi connectivity index (χ4v) is 4.83. The number of halogens is 1. The second-order valence-corrected chi connectivity index (χ2v) is 9.64. The molecule has 0 saturated heterocycles. The first kappa shape index (κ1) is 25.4. The molecule has 2 N–H and O–H groups in total. The minimum absolute atomic E-state index is 0.0369. The van der Waals surface area contributed by atoms with Crippen LogP contribution in [0.4, 0.5) is 0 Å². The molecule has 38 heavy (non-hydrogen) atoms. The molecule has 0 fully saturated rings. The van der Waals surface area contributed by atoms with Crippen LogP contribution in [0.2, 0.25) is 5.02 Å². The lowest BCUT2D eigenvalue weighted by atomic mass is 10.1. The Morgan fingerprint density at radius 1 is 1.03 bits per heavy atom. The Morgan fingerprint density at radius 3 is 2.66 bits per heavy atom. The lowest BCUT2D eigenvalue weighted by Gasteiger charge is -2.12. The van der Waals surface area contributed by atoms with Crippen molar-refractivity contribution in [2.24, 2.45) is 0 Å². The van der Waals surface area contributed by atoms with E-state index in [9.17, 15) is 9.90 Å². The number of para-hydroxylation sites is 1. The molecule has 0 amide bonds. The Morgan fingerprint density at radius 2 is 1.82 bits per heavy atom. The molecule has 0 aliphatic carbocycles. The number of benzene rings is 4. The van der Waals surface area contributed by atoms with Crippen molar-refractivity contribution in [1.82, 2.24) is 15.2 Å². The summed E-state index contributed by atoms with van der Waals surface area (Å²) in [4.78, 5) is 16.6. The summed E-state index contributed by atoms with van der Waals surface area (Å²) in [5.41, 5.74) is 2.29. The number of aromatic amines is 1. The van der Waals surface area contributed by atoms with Crippen molar-refractivity contribution in [2.45, 2.75) is 11.8 Å². The van der Waals surface area contributed by atoms with Crippen LogP contribution in [0.5, 0.6) is 11.5 Å². The molecule has 0 saturated carbocycles. The van der Waals surface area contributed by atoms with Crippen LogP contribution in [-0.4, -0.2) is 33.4 Å². The van der Waals surface area contributed by atoms with Gasteiger partial charge in [-0.15, -0.1) is 5.10 Å². The van der Waals surface area contributed by atoms with Gasteiger partial charge in [0.25, 0.3) is 0 Å². The number of carboxylic acid groups (broad SMARTS) is 1. The first-order chi connectivity index (χ1) is 18.5. The van der Waals surface area contributed by atoms with E-state index in [2.05, 4.69) is 33.4 Å². The first-order valence-electron chi connectivity index (χ1n) is 11.6. The van der Waals surface area contributed by atoms with Gasteiger partial charge in [0.2, 0.25) is 5.16 Å². The van der Waals surface area contributed by atoms with Crippen molar-refractivity contribution in [2.75, 3.05) is 7.11 Å². The molecule has 1 heterocycles. The van der Waals surface area contributed by atoms with Crippen LogP contribution in [0.1, 0.15) is 11.1 Å². The number of nitrogens with zero attached hydrogens (tertiary/aromatic N) is 2. The Labute approximate surface area is 228 Å². The maximum atomic E-state index is 12.1. The van der Waals surface area contributed by atoms with Crippen molar-refractivity contribution >= 4 is 46.2 Å². The zero-order valence-electron chi connectivity index (χ0n) is 20.2. The van der Waals surface area contributed by atoms with Crippen molar-refractivity contribution in [1.29, 1.82) is 0 Å². The molecule has 0 atom stereocenters. The van der Waals surface area contributed by atoms with Crippen molar-refractivity contribution < 1.29 is 19.4 Å². The molecule has 0 spiro atoms. The van der Waals surface area contributed by atoms with Gasteiger partial charge in [-0.1, -0.05) is 72.3 Å². The van der Waals surface area contributed by atoms with Gasteiger partial charge in [-0.3, -0.25) is 5.10 Å². The van der Waals surface area contributed by atoms with Crippen molar-refractivity contribution in [3.63, 3.8) is 0 Å². The molecule has 1 aromatic heterocycles. The fraction of sp³-hybridized carbons (Fsp3) is 0.0690. The number of thioether (sulfide) groups is 1. The number of methoxy groups -OCH3 is 1. The number of carbonyl (C=O) groups is 1. The van der Waals surface area contributed by atoms with E-state index in [4.69, 9.17) is 21.1 Å². The molecular weight excluding hydrogens is 522 g/mol. The zero-order valence-corrected chi connectivity index (χ0v) is 21.8. The summed E-state index contributed by atoms with van der Waals surface area (Å²) < 4.78 is 11.5. The van der Waals surface area contributed by atoms with E-state index < -0.39 is 5.97 Å². The Balaban J connectivity index is 1.39. The predicted molar refractivity (Wildman–Crippen MR) is 150 cm³/mol. The number of hydrogen-bond acceptors (Lipinski definition) is 6. The van der Waals surface area contributed by atoms with Gasteiger partial charge in [-0.25, -0.2) is 9.78 Å². The largest absolute Gasteiger partial charge is 0.496 e. The third-order valence-electron chi connectivity index (χ3n) is 5.76. The molecule has 0 aliphatic heterocycles. The number of aliphatic carboxylic acids is 1. The van der Waals surface area contributed by atoms with Gasteiger partial charge in [0.15, 0.2) is 5.82 Å². The van der Waals surface area contributed by atoms with Gasteiger partial charge in [-0.05, 0) is 58.4 Å². The second kappa shape index (κ2) is 11.4. The van der Waals surface area contributed by atoms with Crippen LogP contribution in [0.3, 0.4) is 0 Å². The fourth-order valence-electron chi connectivity index (χ4n) is 3.96. The smallest absolute Gasteiger partial charge is 0.342 e. The maximum Gasteiger partial charge on any atom is 0.342 e. The highest BCUT2D eigenvalue weighted by molar-refractivity contribution is 8.04. The number of fused-ring (bicyclic) bond motifs is 1. The highest BCUT2D eigenvalue weighted by Gasteiger charge is 2.17. The van der Waals surface area contributed by atoms with Crippen molar-refractivity contribution in [3.8, 4) is 22.9 Å². The van der Waals surface area contributed by atoms with Crippen LogP contribution < -0.4 is 9.47 Å². The summed E-state index contributed by atoms with van der Waals surface area (Å²) in [5.74, 6) is 0.438. The van der Waals surface area contributed by atoms with E-state index >= 15 is 0 Å². The van der Waals surface area contributed by atoms with Gasteiger partial charge in [0.1, 0.15) is 23.0 Å². The summed E-state index contributed by atoms with van der Waals surface area (Å²) >= 11 is 7.06. The number of rotatable bonds is 9. The number of hydrogen-bond donors (Lipinski definition) is 2. The first-order valence-corrected chi connectivity index (χ1v) is 12.8. The molecule has 0 unspecified atom stereocenters. The molecule has 7 nitrogen and oxygen atoms in total. The van der Waals surface area contributed by atoms with E-state index in [1.807, 2.05) is 48.5 Å². The van der Waals surface area contributed by atoms with E-state index in [1.165, 1.54) is 0 Å². The molecule has 0 bridgehead atoms. The second-order valence-electron chi connectivity index (χ2n) is 8.19. The van der Waals surface area contributed by atoms with Crippen LogP contribution in [0.15, 0.2) is 95.0 Å². The monoisotopic (exact) mass is 543 g/mol. The molecule has 0 aliphatic rings. The highest BCUT2D eigenvalue weighted by atomic mass is 35.5. The molecule has 5 rings (SSSR count). The van der Waals surface area contributed by atoms with Crippen LogP contribution in [-0.2, 0) is 11.4 Å². The summed E-state index contributed by atoms with van der Waals surface area (Å²) in [6.07, 6.45) is 1.56. The number of nitrogens with one attached hydrogen (secondary N) is 1. The molecule has 190 valence electrons. The minimum Gasteiger partial charge on any atom is -0.496 e. The number of carboxylic acids is 1.